The van der Waals surface area contributed by atoms with Gasteiger partial charge in [-0.3, -0.25) is 0 Å². The van der Waals surface area contributed by atoms with Crippen LogP contribution in [0.25, 0.3) is 60.5 Å². The van der Waals surface area contributed by atoms with Crippen LogP contribution in [0, 0.1) is 0 Å². The van der Waals surface area contributed by atoms with Gasteiger partial charge in [-0.25, -0.2) is 0 Å². The largest absolute Gasteiger partial charge is 0.504 e. The molecule has 0 aliphatic heterocycles. The van der Waals surface area contributed by atoms with E-state index in [9.17, 15) is 51.1 Å². The van der Waals surface area contributed by atoms with E-state index in [0.717, 1.165) is 38.6 Å². The zero-order valence-corrected chi connectivity index (χ0v) is 30.1. The van der Waals surface area contributed by atoms with Crippen molar-refractivity contribution in [3.63, 3.8) is 0 Å². The molecular weight excluding hydrogens is 741 g/mol. The molecule has 12 nitrogen and oxygen atoms in total. The number of aromatic hydroxyl groups is 10. The Morgan fingerprint density at radius 3 is 1.50 bits per heavy atom. The zero-order chi connectivity index (χ0) is 40.6. The molecule has 0 saturated carbocycles. The fourth-order valence-corrected chi connectivity index (χ4v) is 7.72. The van der Waals surface area contributed by atoms with Crippen molar-refractivity contribution in [3.8, 4) is 85.4 Å². The second-order valence-electron chi connectivity index (χ2n) is 13.7. The average Bonchev–Trinajstić information content (AvgIpc) is 3.59. The van der Waals surface area contributed by atoms with Crippen molar-refractivity contribution in [1.82, 2.24) is 4.57 Å². The van der Waals surface area contributed by atoms with Gasteiger partial charge in [0.1, 0.15) is 5.69 Å². The van der Waals surface area contributed by atoms with Crippen LogP contribution in [-0.4, -0.2) is 55.6 Å². The van der Waals surface area contributed by atoms with Gasteiger partial charge in [0, 0.05) is 27.5 Å². The highest BCUT2D eigenvalue weighted by Crippen LogP contribution is 2.60. The Balaban J connectivity index is 1.23. The maximum Gasteiger partial charge on any atom is 0.208 e. The van der Waals surface area contributed by atoms with Crippen LogP contribution in [0.15, 0.2) is 133 Å². The predicted molar refractivity (Wildman–Crippen MR) is 220 cm³/mol. The van der Waals surface area contributed by atoms with E-state index in [1.54, 1.807) is 36.4 Å². The van der Waals surface area contributed by atoms with Crippen molar-refractivity contribution >= 4 is 49.6 Å². The Hall–Kier alpha value is -8.38. The molecule has 0 bridgehead atoms. The summed E-state index contributed by atoms with van der Waals surface area (Å²) in [5, 5.41) is 109. The third-order valence-corrected chi connectivity index (χ3v) is 10.5. The molecule has 1 heterocycles. The minimum Gasteiger partial charge on any atom is -0.504 e. The van der Waals surface area contributed by atoms with E-state index in [4.69, 9.17) is 0 Å². The number of benzene rings is 8. The van der Waals surface area contributed by atoms with Crippen molar-refractivity contribution in [3.05, 3.63) is 133 Å². The van der Waals surface area contributed by atoms with E-state index >= 15 is 0 Å². The molecular formula is C46H32N2O10. The summed E-state index contributed by atoms with van der Waals surface area (Å²) in [5.41, 5.74) is 4.53. The van der Waals surface area contributed by atoms with Crippen molar-refractivity contribution < 1.29 is 51.1 Å². The lowest BCUT2D eigenvalue weighted by Gasteiger charge is -2.29. The van der Waals surface area contributed by atoms with Crippen molar-refractivity contribution in [1.29, 1.82) is 0 Å². The lowest BCUT2D eigenvalue weighted by molar-refractivity contribution is 0.329. The highest BCUT2D eigenvalue weighted by atomic mass is 16.4. The van der Waals surface area contributed by atoms with E-state index in [1.165, 1.54) is 17.0 Å². The molecule has 0 fully saturated rings. The highest BCUT2D eigenvalue weighted by Gasteiger charge is 2.31. The number of aromatic nitrogens is 1. The van der Waals surface area contributed by atoms with E-state index < -0.39 is 68.7 Å². The summed E-state index contributed by atoms with van der Waals surface area (Å²) < 4.78 is 2.21. The summed E-state index contributed by atoms with van der Waals surface area (Å²) >= 11 is 0. The van der Waals surface area contributed by atoms with Crippen molar-refractivity contribution in [2.75, 3.05) is 4.90 Å². The molecule has 9 rings (SSSR count). The molecule has 0 amide bonds. The second-order valence-corrected chi connectivity index (χ2v) is 13.7. The molecule has 0 saturated heterocycles. The number of phenolic OH excluding ortho intramolecular Hbond substituents is 10. The number of rotatable bonds is 6. The van der Waals surface area contributed by atoms with Crippen molar-refractivity contribution in [2.45, 2.75) is 0 Å². The first kappa shape index (κ1) is 35.3. The van der Waals surface area contributed by atoms with Crippen LogP contribution < -0.4 is 4.90 Å². The van der Waals surface area contributed by atoms with Gasteiger partial charge in [0.15, 0.2) is 23.0 Å². The number of anilines is 3. The number of nitrogens with zero attached hydrogens (tertiary/aromatic N) is 2. The molecule has 0 aliphatic rings. The maximum atomic E-state index is 11.3. The molecule has 10 N–H and O–H groups in total. The smallest absolute Gasteiger partial charge is 0.208 e. The van der Waals surface area contributed by atoms with Gasteiger partial charge in [0.2, 0.25) is 34.5 Å². The van der Waals surface area contributed by atoms with Crippen LogP contribution in [0.5, 0.6) is 57.5 Å². The Kier molecular flexibility index (Phi) is 8.00. The van der Waals surface area contributed by atoms with Gasteiger partial charge in [-0.15, -0.1) is 0 Å². The topological polar surface area (TPSA) is 210 Å². The number of phenols is 10. The van der Waals surface area contributed by atoms with Gasteiger partial charge >= 0.3 is 0 Å². The normalized spacial score (nSPS) is 11.4. The monoisotopic (exact) mass is 772 g/mol. The number of fused-ring (bicyclic) bond motifs is 4. The SMILES string of the molecule is Oc1c(O)c(O)c(-c2ccc(N(c3ccc(-c4ccc5c(c4)c4ccccc4n5-c4ccccc4)cc3)c3c(O)c(O)c(O)c(O)c3O)c3ccccc23)c(O)c1O. The fourth-order valence-electron chi connectivity index (χ4n) is 7.72. The molecule has 12 heteroatoms. The molecule has 0 radical (unpaired) electrons. The Morgan fingerprint density at radius 2 is 0.862 bits per heavy atom. The molecule has 9 aromatic rings. The standard InChI is InChI=1S/C46H32N2O10/c49-37-35(38(50)42(54)45(57)41(37)53)30-19-21-33(28-11-5-4-10-27(28)30)48(36-39(51)43(55)46(58)44(56)40(36)52)26-17-14-23(15-18-26)24-16-20-34-31(22-24)29-12-6-7-13-32(29)47(34)25-8-2-1-3-9-25/h1-22,49-58H. The first-order chi connectivity index (χ1) is 28.0. The quantitative estimate of drug-likeness (QED) is 0.0568. The fraction of sp³-hybridized carbons (Fsp3) is 0. The Labute approximate surface area is 328 Å². The van der Waals surface area contributed by atoms with Gasteiger partial charge in [0.25, 0.3) is 0 Å². The van der Waals surface area contributed by atoms with Gasteiger partial charge in [-0.1, -0.05) is 84.9 Å². The van der Waals surface area contributed by atoms with Crippen LogP contribution in [-0.2, 0) is 0 Å². The molecule has 1 aromatic heterocycles. The summed E-state index contributed by atoms with van der Waals surface area (Å²) in [6.07, 6.45) is 0. The third-order valence-electron chi connectivity index (χ3n) is 10.5. The van der Waals surface area contributed by atoms with Crippen LogP contribution in [0.1, 0.15) is 0 Å². The van der Waals surface area contributed by atoms with Gasteiger partial charge in [-0.2, -0.15) is 0 Å². The Morgan fingerprint density at radius 1 is 0.362 bits per heavy atom. The molecule has 0 aliphatic carbocycles. The summed E-state index contributed by atoms with van der Waals surface area (Å²) in [5.74, 6) is -10.3. The van der Waals surface area contributed by atoms with Crippen LogP contribution >= 0.6 is 0 Å². The summed E-state index contributed by atoms with van der Waals surface area (Å²) in [6.45, 7) is 0. The average molecular weight is 773 g/mol. The lowest BCUT2D eigenvalue weighted by atomic mass is 9.94. The van der Waals surface area contributed by atoms with Gasteiger partial charge in [0.05, 0.1) is 22.3 Å². The van der Waals surface area contributed by atoms with E-state index in [0.29, 0.717) is 16.5 Å². The van der Waals surface area contributed by atoms with Gasteiger partial charge < -0.3 is 60.5 Å². The minimum atomic E-state index is -1.14. The van der Waals surface area contributed by atoms with Crippen LogP contribution in [0.3, 0.4) is 0 Å². The molecule has 0 unspecified atom stereocenters. The summed E-state index contributed by atoms with van der Waals surface area (Å²) in [4.78, 5) is 1.33. The number of hydrogen-bond donors (Lipinski definition) is 10. The van der Waals surface area contributed by atoms with Crippen LogP contribution in [0.2, 0.25) is 0 Å². The van der Waals surface area contributed by atoms with Crippen LogP contribution in [0.4, 0.5) is 17.1 Å². The molecule has 58 heavy (non-hydrogen) atoms. The molecule has 286 valence electrons. The molecule has 0 spiro atoms. The molecule has 8 aromatic carbocycles. The number of hydrogen-bond acceptors (Lipinski definition) is 11. The van der Waals surface area contributed by atoms with Crippen molar-refractivity contribution in [2.24, 2.45) is 0 Å². The highest BCUT2D eigenvalue weighted by molar-refractivity contribution is 6.11. The lowest BCUT2D eigenvalue weighted by Crippen LogP contribution is -2.11. The minimum absolute atomic E-state index is 0.101. The first-order valence-corrected chi connectivity index (χ1v) is 17.9. The van der Waals surface area contributed by atoms with Gasteiger partial charge in [-0.05, 0) is 70.6 Å². The summed E-state index contributed by atoms with van der Waals surface area (Å²) in [7, 11) is 0. The van der Waals surface area contributed by atoms with E-state index in [-0.39, 0.29) is 11.3 Å². The third kappa shape index (κ3) is 5.16. The Bertz CT molecular complexity index is 3070. The second kappa shape index (κ2) is 13.1. The number of para-hydroxylation sites is 2. The summed E-state index contributed by atoms with van der Waals surface area (Å²) in [6, 6.07) is 40.9. The van der Waals surface area contributed by atoms with E-state index in [2.05, 4.69) is 41.0 Å². The maximum absolute atomic E-state index is 11.3. The molecule has 0 atom stereocenters. The zero-order valence-electron chi connectivity index (χ0n) is 30.1. The predicted octanol–water partition coefficient (Wildman–Crippen LogP) is 9.80. The first-order valence-electron chi connectivity index (χ1n) is 17.9. The van der Waals surface area contributed by atoms with E-state index in [1.807, 2.05) is 48.5 Å².